The van der Waals surface area contributed by atoms with Crippen LogP contribution >= 0.6 is 0 Å². The highest BCUT2D eigenvalue weighted by molar-refractivity contribution is 5.90. The number of nitro benzene ring substituents is 1. The number of non-ortho nitro benzene ring substituents is 1. The molecule has 0 spiro atoms. The third-order valence-electron chi connectivity index (χ3n) is 4.89. The quantitative estimate of drug-likeness (QED) is 0.503. The minimum atomic E-state index is -0.495. The minimum absolute atomic E-state index is 0.0574. The summed E-state index contributed by atoms with van der Waals surface area (Å²) >= 11 is 0. The highest BCUT2D eigenvalue weighted by atomic mass is 16.6. The van der Waals surface area contributed by atoms with Crippen LogP contribution in [0.15, 0.2) is 47.4 Å². The number of aromatic nitrogens is 3. The minimum Gasteiger partial charge on any atom is -0.395 e. The fourth-order valence-corrected chi connectivity index (χ4v) is 3.49. The van der Waals surface area contributed by atoms with E-state index in [1.54, 1.807) is 30.5 Å². The zero-order valence-corrected chi connectivity index (χ0v) is 15.5. The van der Waals surface area contributed by atoms with Gasteiger partial charge in [-0.05, 0) is 12.1 Å². The lowest BCUT2D eigenvalue weighted by atomic mass is 10.1. The molecule has 1 aliphatic heterocycles. The maximum Gasteiger partial charge on any atom is 0.277 e. The number of nitro groups is 1. The van der Waals surface area contributed by atoms with Crippen LogP contribution in [0.25, 0.3) is 22.2 Å². The Kier molecular flexibility index (Phi) is 5.30. The van der Waals surface area contributed by atoms with E-state index < -0.39 is 11.1 Å². The van der Waals surface area contributed by atoms with Crippen molar-refractivity contribution < 1.29 is 14.8 Å². The molecule has 10 heteroatoms. The lowest BCUT2D eigenvalue weighted by Crippen LogP contribution is -2.47. The second-order valence-corrected chi connectivity index (χ2v) is 6.62. The molecule has 29 heavy (non-hydrogen) atoms. The molecule has 1 atom stereocenters. The molecule has 0 bridgehead atoms. The van der Waals surface area contributed by atoms with Gasteiger partial charge in [0.25, 0.3) is 11.2 Å². The highest BCUT2D eigenvalue weighted by Crippen LogP contribution is 2.27. The molecule has 1 aromatic carbocycles. The summed E-state index contributed by atoms with van der Waals surface area (Å²) in [7, 11) is 0. The molecular formula is C19H19N5O5. The first kappa shape index (κ1) is 19.1. The molecule has 0 saturated carbocycles. The summed E-state index contributed by atoms with van der Waals surface area (Å²) in [4.78, 5) is 30.1. The molecule has 10 nitrogen and oxygen atoms in total. The summed E-state index contributed by atoms with van der Waals surface area (Å²) in [5.74, 6) is 0. The van der Waals surface area contributed by atoms with E-state index in [4.69, 9.17) is 4.74 Å². The van der Waals surface area contributed by atoms with E-state index in [1.165, 1.54) is 16.8 Å². The maximum atomic E-state index is 13.1. The average molecular weight is 397 g/mol. The zero-order valence-electron chi connectivity index (χ0n) is 15.5. The van der Waals surface area contributed by atoms with E-state index in [2.05, 4.69) is 10.1 Å². The standard InChI is InChI=1S/C19H19N5O5/c25-9-7-22-8-10-29-12-16(22)23-19(26)15-5-2-6-20-18(15)17(21-23)13-3-1-4-14(11-13)24(27)28/h1-6,11,16,25H,7-10,12H2. The van der Waals surface area contributed by atoms with Crippen molar-refractivity contribution in [3.63, 3.8) is 0 Å². The average Bonchev–Trinajstić information content (AvgIpc) is 2.75. The van der Waals surface area contributed by atoms with Gasteiger partial charge in [-0.2, -0.15) is 5.10 Å². The summed E-state index contributed by atoms with van der Waals surface area (Å²) in [6.45, 7) is 1.61. The van der Waals surface area contributed by atoms with E-state index in [0.717, 1.165) is 0 Å². The Hall–Kier alpha value is -3.21. The number of nitrogens with zero attached hydrogens (tertiary/aromatic N) is 5. The van der Waals surface area contributed by atoms with E-state index in [-0.39, 0.29) is 24.5 Å². The van der Waals surface area contributed by atoms with Crippen molar-refractivity contribution in [2.75, 3.05) is 32.9 Å². The summed E-state index contributed by atoms with van der Waals surface area (Å²) in [5, 5.41) is 25.5. The van der Waals surface area contributed by atoms with Gasteiger partial charge in [-0.1, -0.05) is 12.1 Å². The molecule has 2 aromatic heterocycles. The number of hydrogen-bond acceptors (Lipinski definition) is 8. The van der Waals surface area contributed by atoms with Crippen molar-refractivity contribution in [1.82, 2.24) is 19.7 Å². The topological polar surface area (TPSA) is 124 Å². The first-order valence-corrected chi connectivity index (χ1v) is 9.15. The van der Waals surface area contributed by atoms with Crippen molar-refractivity contribution in [3.05, 3.63) is 63.1 Å². The van der Waals surface area contributed by atoms with Gasteiger partial charge in [0.15, 0.2) is 0 Å². The Morgan fingerprint density at radius 1 is 1.31 bits per heavy atom. The molecule has 3 heterocycles. The Morgan fingerprint density at radius 3 is 2.97 bits per heavy atom. The van der Waals surface area contributed by atoms with Crippen LogP contribution in [0.5, 0.6) is 0 Å². The summed E-state index contributed by atoms with van der Waals surface area (Å²) < 4.78 is 6.87. The van der Waals surface area contributed by atoms with Gasteiger partial charge in [0, 0.05) is 37.0 Å². The van der Waals surface area contributed by atoms with Crippen LogP contribution in [0.4, 0.5) is 5.69 Å². The Morgan fingerprint density at radius 2 is 2.17 bits per heavy atom. The largest absolute Gasteiger partial charge is 0.395 e. The molecule has 150 valence electrons. The first-order valence-electron chi connectivity index (χ1n) is 9.15. The predicted octanol–water partition coefficient (Wildman–Crippen LogP) is 1.19. The normalized spacial score (nSPS) is 17.5. The Balaban J connectivity index is 1.93. The number of aliphatic hydroxyl groups excluding tert-OH is 1. The molecule has 3 aromatic rings. The maximum absolute atomic E-state index is 13.1. The number of rotatable bonds is 5. The van der Waals surface area contributed by atoms with Gasteiger partial charge in [-0.3, -0.25) is 24.8 Å². The molecular weight excluding hydrogens is 378 g/mol. The van der Waals surface area contributed by atoms with Crippen LogP contribution in [-0.2, 0) is 4.74 Å². The lowest BCUT2D eigenvalue weighted by molar-refractivity contribution is -0.384. The predicted molar refractivity (Wildman–Crippen MR) is 104 cm³/mol. The fourth-order valence-electron chi connectivity index (χ4n) is 3.49. The number of pyridine rings is 1. The van der Waals surface area contributed by atoms with Gasteiger partial charge in [-0.25, -0.2) is 4.68 Å². The van der Waals surface area contributed by atoms with Crippen LogP contribution in [0.1, 0.15) is 6.17 Å². The highest BCUT2D eigenvalue weighted by Gasteiger charge is 2.28. The lowest BCUT2D eigenvalue weighted by Gasteiger charge is -2.35. The van der Waals surface area contributed by atoms with Crippen molar-refractivity contribution in [2.45, 2.75) is 6.17 Å². The van der Waals surface area contributed by atoms with Gasteiger partial charge in [0.1, 0.15) is 17.4 Å². The van der Waals surface area contributed by atoms with Crippen LogP contribution in [0, 0.1) is 10.1 Å². The zero-order chi connectivity index (χ0) is 20.4. The molecule has 4 rings (SSSR count). The van der Waals surface area contributed by atoms with Crippen molar-refractivity contribution in [1.29, 1.82) is 0 Å². The second kappa shape index (κ2) is 8.03. The monoisotopic (exact) mass is 397 g/mol. The van der Waals surface area contributed by atoms with Crippen molar-refractivity contribution >= 4 is 16.6 Å². The molecule has 0 radical (unpaired) electrons. The van der Waals surface area contributed by atoms with Crippen molar-refractivity contribution in [2.24, 2.45) is 0 Å². The molecule has 0 aliphatic carbocycles. The third-order valence-corrected chi connectivity index (χ3v) is 4.89. The number of benzene rings is 1. The number of aliphatic hydroxyl groups is 1. The number of hydrogen-bond donors (Lipinski definition) is 1. The van der Waals surface area contributed by atoms with Gasteiger partial charge < -0.3 is 9.84 Å². The van der Waals surface area contributed by atoms with Crippen LogP contribution in [0.3, 0.4) is 0 Å². The van der Waals surface area contributed by atoms with Crippen LogP contribution < -0.4 is 5.56 Å². The smallest absolute Gasteiger partial charge is 0.277 e. The van der Waals surface area contributed by atoms with Gasteiger partial charge in [0.2, 0.25) is 0 Å². The fraction of sp³-hybridized carbons (Fsp3) is 0.316. The molecule has 1 saturated heterocycles. The number of morpholine rings is 1. The van der Waals surface area contributed by atoms with E-state index in [9.17, 15) is 20.0 Å². The SMILES string of the molecule is O=c1c2cccnc2c(-c2cccc([N+](=O)[O-])c2)nn1C1COCCN1CCO. The molecule has 1 fully saturated rings. The number of ether oxygens (including phenoxy) is 1. The molecule has 0 amide bonds. The number of β-amino-alcohol motifs (C(OH)–C–C–N with tert-alkyl or cyclic N) is 1. The van der Waals surface area contributed by atoms with Gasteiger partial charge in [0.05, 0.1) is 30.1 Å². The number of fused-ring (bicyclic) bond motifs is 1. The van der Waals surface area contributed by atoms with Crippen LogP contribution in [-0.4, -0.2) is 62.6 Å². The second-order valence-electron chi connectivity index (χ2n) is 6.62. The van der Waals surface area contributed by atoms with E-state index in [1.807, 2.05) is 4.90 Å². The van der Waals surface area contributed by atoms with Gasteiger partial charge >= 0.3 is 0 Å². The summed E-state index contributed by atoms with van der Waals surface area (Å²) in [6, 6.07) is 9.39. The summed E-state index contributed by atoms with van der Waals surface area (Å²) in [6.07, 6.45) is 1.06. The van der Waals surface area contributed by atoms with Gasteiger partial charge in [-0.15, -0.1) is 0 Å². The van der Waals surface area contributed by atoms with E-state index in [0.29, 0.717) is 41.9 Å². The van der Waals surface area contributed by atoms with Crippen molar-refractivity contribution in [3.8, 4) is 11.3 Å². The molecule has 1 N–H and O–H groups in total. The van der Waals surface area contributed by atoms with Crippen LogP contribution in [0.2, 0.25) is 0 Å². The molecule has 1 aliphatic rings. The summed E-state index contributed by atoms with van der Waals surface area (Å²) in [5.41, 5.74) is 0.829. The molecule has 1 unspecified atom stereocenters. The first-order chi connectivity index (χ1) is 14.1. The Bertz CT molecular complexity index is 1110. The third kappa shape index (κ3) is 3.60. The van der Waals surface area contributed by atoms with E-state index >= 15 is 0 Å². The Labute approximate surface area is 165 Å².